The summed E-state index contributed by atoms with van der Waals surface area (Å²) in [6.45, 7) is 10.6. The van der Waals surface area contributed by atoms with E-state index in [1.807, 2.05) is 6.08 Å². The first-order valence-electron chi connectivity index (χ1n) is 14.7. The molecule has 6 aromatic rings. The first kappa shape index (κ1) is 26.2. The van der Waals surface area contributed by atoms with Crippen molar-refractivity contribution in [1.82, 2.24) is 0 Å². The largest absolute Gasteiger partial charge is 0.0985 e. The first-order chi connectivity index (χ1) is 21.0. The predicted octanol–water partition coefficient (Wildman–Crippen LogP) is 11.5. The third kappa shape index (κ3) is 3.74. The summed E-state index contributed by atoms with van der Waals surface area (Å²) in [5.74, 6) is 0. The number of hydrogen-bond donors (Lipinski definition) is 0. The summed E-state index contributed by atoms with van der Waals surface area (Å²) in [5, 5.41) is 0. The van der Waals surface area contributed by atoms with E-state index in [-0.39, 0.29) is 0 Å². The van der Waals surface area contributed by atoms with E-state index in [4.69, 9.17) is 0 Å². The molecule has 1 heteroatoms. The molecule has 0 nitrogen and oxygen atoms in total. The van der Waals surface area contributed by atoms with Crippen molar-refractivity contribution in [1.29, 1.82) is 0 Å². The van der Waals surface area contributed by atoms with Crippen LogP contribution in [0.1, 0.15) is 33.4 Å². The molecule has 43 heavy (non-hydrogen) atoms. The highest BCUT2D eigenvalue weighted by Crippen LogP contribution is 2.64. The van der Waals surface area contributed by atoms with Crippen molar-refractivity contribution in [3.8, 4) is 44.5 Å². The van der Waals surface area contributed by atoms with E-state index < -0.39 is 5.41 Å². The maximum atomic E-state index is 4.32. The van der Waals surface area contributed by atoms with Crippen molar-refractivity contribution in [3.63, 3.8) is 0 Å². The smallest absolute Gasteiger partial charge is 0.0728 e. The minimum Gasteiger partial charge on any atom is -0.0985 e. The molecule has 0 saturated carbocycles. The van der Waals surface area contributed by atoms with Crippen LogP contribution in [-0.2, 0) is 5.41 Å². The number of rotatable bonds is 4. The Morgan fingerprint density at radius 1 is 0.581 bits per heavy atom. The van der Waals surface area contributed by atoms with Crippen molar-refractivity contribution in [2.75, 3.05) is 0 Å². The van der Waals surface area contributed by atoms with Crippen LogP contribution < -0.4 is 0 Å². The lowest BCUT2D eigenvalue weighted by molar-refractivity contribution is 0.786. The van der Waals surface area contributed by atoms with Crippen LogP contribution in [0.3, 0.4) is 0 Å². The predicted molar refractivity (Wildman–Crippen MR) is 190 cm³/mol. The van der Waals surface area contributed by atoms with Crippen LogP contribution >= 0.6 is 22.6 Å². The lowest BCUT2D eigenvalue weighted by Crippen LogP contribution is -2.27. The zero-order chi connectivity index (χ0) is 29.3. The fraction of sp³-hybridized carbons (Fsp3) is 0.0476. The van der Waals surface area contributed by atoms with E-state index in [2.05, 4.69) is 170 Å². The Balaban J connectivity index is 1.53. The third-order valence-electron chi connectivity index (χ3n) is 9.36. The van der Waals surface area contributed by atoms with Gasteiger partial charge in [0.1, 0.15) is 0 Å². The van der Waals surface area contributed by atoms with E-state index >= 15 is 0 Å². The summed E-state index contributed by atoms with van der Waals surface area (Å²) in [5.41, 5.74) is 18.5. The van der Waals surface area contributed by atoms with Crippen molar-refractivity contribution >= 4 is 28.2 Å². The van der Waals surface area contributed by atoms with Gasteiger partial charge in [-0.15, -0.1) is 0 Å². The Bertz CT molecular complexity index is 2120. The molecule has 0 fully saturated rings. The lowest BCUT2D eigenvalue weighted by Gasteiger charge is -2.32. The van der Waals surface area contributed by atoms with Crippen LogP contribution in [0, 0.1) is 10.5 Å². The molecule has 0 amide bonds. The van der Waals surface area contributed by atoms with E-state index in [0.29, 0.717) is 0 Å². The second-order valence-electron chi connectivity index (χ2n) is 11.6. The van der Waals surface area contributed by atoms with Crippen molar-refractivity contribution in [2.24, 2.45) is 0 Å². The normalized spacial score (nSPS) is 15.5. The third-order valence-corrected chi connectivity index (χ3v) is 10.0. The molecule has 0 N–H and O–H groups in total. The van der Waals surface area contributed by atoms with Crippen LogP contribution in [0.15, 0.2) is 147 Å². The Morgan fingerprint density at radius 2 is 1.09 bits per heavy atom. The summed E-state index contributed by atoms with van der Waals surface area (Å²) >= 11 is 2.48. The van der Waals surface area contributed by atoms with Gasteiger partial charge in [-0.1, -0.05) is 116 Å². The van der Waals surface area contributed by atoms with Gasteiger partial charge >= 0.3 is 0 Å². The molecule has 1 atom stereocenters. The number of hydrogen-bond acceptors (Lipinski definition) is 0. The van der Waals surface area contributed by atoms with Crippen LogP contribution in [0.4, 0.5) is 0 Å². The highest BCUT2D eigenvalue weighted by molar-refractivity contribution is 14.1. The summed E-state index contributed by atoms with van der Waals surface area (Å²) in [6, 6.07) is 47.3. The highest BCUT2D eigenvalue weighted by atomic mass is 127. The Morgan fingerprint density at radius 3 is 1.65 bits per heavy atom. The molecule has 0 saturated heterocycles. The molecule has 1 unspecified atom stereocenters. The first-order valence-corrected chi connectivity index (χ1v) is 15.8. The molecule has 0 heterocycles. The molecule has 204 valence electrons. The van der Waals surface area contributed by atoms with Gasteiger partial charge in [-0.25, -0.2) is 0 Å². The molecular formula is C42H29I. The fourth-order valence-corrected chi connectivity index (χ4v) is 7.99. The van der Waals surface area contributed by atoms with Crippen molar-refractivity contribution in [3.05, 3.63) is 184 Å². The van der Waals surface area contributed by atoms with Gasteiger partial charge in [0.15, 0.2) is 0 Å². The molecule has 0 aromatic heterocycles. The number of benzene rings is 6. The summed E-state index contributed by atoms with van der Waals surface area (Å²) in [6.07, 6.45) is 1.86. The standard InChI is InChI=1S/C42H29I/c1-4-26(2)32-21-27(3)41-37(22-32)36-19-16-31(29-13-9-6-10-14-29)24-39(36)42(41)38-23-30(28-11-7-5-8-12-28)15-18-34(38)35-20-17-33(43)25-40(35)42/h4-25H,1-2H2,3H3. The van der Waals surface area contributed by atoms with E-state index in [0.717, 1.165) is 11.1 Å². The average Bonchev–Trinajstić information content (AvgIpc) is 3.51. The van der Waals surface area contributed by atoms with Gasteiger partial charge in [0.25, 0.3) is 0 Å². The van der Waals surface area contributed by atoms with Gasteiger partial charge in [-0.3, -0.25) is 0 Å². The van der Waals surface area contributed by atoms with Crippen LogP contribution in [-0.4, -0.2) is 0 Å². The van der Waals surface area contributed by atoms with E-state index in [1.54, 1.807) is 0 Å². The maximum Gasteiger partial charge on any atom is 0.0728 e. The highest BCUT2D eigenvalue weighted by Gasteiger charge is 2.53. The molecule has 0 radical (unpaired) electrons. The van der Waals surface area contributed by atoms with Crippen LogP contribution in [0.5, 0.6) is 0 Å². The molecule has 0 aliphatic heterocycles. The molecule has 2 aliphatic carbocycles. The fourth-order valence-electron chi connectivity index (χ4n) is 7.50. The average molecular weight is 661 g/mol. The Hall–Kier alpha value is -4.47. The SMILES string of the molecule is C=CC(=C)c1cc(C)c2c(c1)-c1ccc(-c3ccccc3)cc1C21c2cc(I)ccc2-c2ccc(-c3ccccc3)cc21. The Kier molecular flexibility index (Phi) is 5.96. The van der Waals surface area contributed by atoms with Gasteiger partial charge in [0, 0.05) is 3.57 Å². The molecule has 0 bridgehead atoms. The number of aryl methyl sites for hydroxylation is 1. The lowest BCUT2D eigenvalue weighted by atomic mass is 9.68. The zero-order valence-corrected chi connectivity index (χ0v) is 26.2. The minimum absolute atomic E-state index is 0.440. The van der Waals surface area contributed by atoms with Crippen LogP contribution in [0.25, 0.3) is 50.1 Å². The topological polar surface area (TPSA) is 0 Å². The maximum absolute atomic E-state index is 4.32. The number of allylic oxidation sites excluding steroid dienone is 2. The van der Waals surface area contributed by atoms with Gasteiger partial charge < -0.3 is 0 Å². The van der Waals surface area contributed by atoms with E-state index in [1.165, 1.54) is 75.9 Å². The molecule has 6 aromatic carbocycles. The van der Waals surface area contributed by atoms with Crippen molar-refractivity contribution in [2.45, 2.75) is 12.3 Å². The molecule has 8 rings (SSSR count). The summed E-state index contributed by atoms with van der Waals surface area (Å²) in [4.78, 5) is 0. The molecule has 2 aliphatic rings. The summed E-state index contributed by atoms with van der Waals surface area (Å²) < 4.78 is 1.25. The second kappa shape index (κ2) is 9.79. The number of halogens is 1. The zero-order valence-electron chi connectivity index (χ0n) is 24.0. The van der Waals surface area contributed by atoms with Crippen LogP contribution in [0.2, 0.25) is 0 Å². The second-order valence-corrected chi connectivity index (χ2v) is 12.9. The summed E-state index contributed by atoms with van der Waals surface area (Å²) in [7, 11) is 0. The number of fused-ring (bicyclic) bond motifs is 10. The minimum atomic E-state index is -0.440. The van der Waals surface area contributed by atoms with Gasteiger partial charge in [0.05, 0.1) is 5.41 Å². The van der Waals surface area contributed by atoms with E-state index in [9.17, 15) is 0 Å². The molecule has 1 spiro atoms. The monoisotopic (exact) mass is 660 g/mol. The van der Waals surface area contributed by atoms with Gasteiger partial charge in [0.2, 0.25) is 0 Å². The quantitative estimate of drug-likeness (QED) is 0.130. The Labute approximate surface area is 267 Å². The van der Waals surface area contributed by atoms with Crippen molar-refractivity contribution < 1.29 is 0 Å². The molecular weight excluding hydrogens is 631 g/mol. The van der Waals surface area contributed by atoms with Gasteiger partial charge in [-0.05, 0) is 143 Å². The van der Waals surface area contributed by atoms with Gasteiger partial charge in [-0.2, -0.15) is 0 Å².